The van der Waals surface area contributed by atoms with Crippen molar-refractivity contribution >= 4 is 5.91 Å². The van der Waals surface area contributed by atoms with Crippen LogP contribution in [0.4, 0.5) is 0 Å². The molecule has 0 radical (unpaired) electrons. The van der Waals surface area contributed by atoms with Crippen molar-refractivity contribution in [2.45, 2.75) is 66.3 Å². The maximum atomic E-state index is 11.8. The van der Waals surface area contributed by atoms with Crippen molar-refractivity contribution in [1.82, 2.24) is 10.2 Å². The van der Waals surface area contributed by atoms with E-state index in [0.717, 1.165) is 18.9 Å². The molecule has 0 saturated carbocycles. The Morgan fingerprint density at radius 2 is 1.90 bits per heavy atom. The van der Waals surface area contributed by atoms with Gasteiger partial charge in [0.15, 0.2) is 0 Å². The summed E-state index contributed by atoms with van der Waals surface area (Å²) in [7, 11) is 0. The largest absolute Gasteiger partial charge is 0.352 e. The Balaban J connectivity index is 2.32. The second-order valence-electron chi connectivity index (χ2n) is 7.35. The number of rotatable bonds is 7. The lowest BCUT2D eigenvalue weighted by molar-refractivity contribution is -0.125. The molecule has 2 atom stereocenters. The van der Waals surface area contributed by atoms with Crippen LogP contribution in [0.3, 0.4) is 0 Å². The highest BCUT2D eigenvalue weighted by Gasteiger charge is 2.25. The fourth-order valence-electron chi connectivity index (χ4n) is 3.00. The van der Waals surface area contributed by atoms with Crippen LogP contribution in [0, 0.1) is 17.8 Å². The van der Waals surface area contributed by atoms with Gasteiger partial charge in [0.2, 0.25) is 5.91 Å². The van der Waals surface area contributed by atoms with E-state index >= 15 is 0 Å². The maximum Gasteiger partial charge on any atom is 0.222 e. The first-order valence-electron chi connectivity index (χ1n) is 8.41. The minimum Gasteiger partial charge on any atom is -0.352 e. The molecular weight excluding hydrogens is 248 g/mol. The summed E-state index contributed by atoms with van der Waals surface area (Å²) in [5, 5.41) is 3.21. The minimum atomic E-state index is 0.0896. The fourth-order valence-corrected chi connectivity index (χ4v) is 3.00. The number of nitrogens with zero attached hydrogens (tertiary/aromatic N) is 1. The van der Waals surface area contributed by atoms with E-state index in [2.05, 4.69) is 31.0 Å². The molecule has 1 aliphatic heterocycles. The van der Waals surface area contributed by atoms with E-state index in [9.17, 15) is 4.79 Å². The third-order valence-corrected chi connectivity index (χ3v) is 4.11. The third-order valence-electron chi connectivity index (χ3n) is 4.11. The van der Waals surface area contributed by atoms with Crippen molar-refractivity contribution in [2.75, 3.05) is 19.6 Å². The first kappa shape index (κ1) is 17.5. The molecule has 1 aliphatic rings. The predicted molar refractivity (Wildman–Crippen MR) is 85.7 cm³/mol. The first-order chi connectivity index (χ1) is 9.38. The topological polar surface area (TPSA) is 32.3 Å². The molecule has 0 aliphatic carbocycles. The van der Waals surface area contributed by atoms with Gasteiger partial charge in [-0.3, -0.25) is 4.79 Å². The van der Waals surface area contributed by atoms with E-state index in [1.807, 2.05) is 13.8 Å². The highest BCUT2D eigenvalue weighted by molar-refractivity contribution is 5.78. The SMILES string of the molecule is CC(C)CCCCN1CC(C)CC(NC(=O)C(C)C)C1. The van der Waals surface area contributed by atoms with E-state index in [1.54, 1.807) is 0 Å². The summed E-state index contributed by atoms with van der Waals surface area (Å²) in [5.41, 5.74) is 0. The number of hydrogen-bond donors (Lipinski definition) is 1. The molecule has 1 heterocycles. The average Bonchev–Trinajstić information content (AvgIpc) is 2.33. The predicted octanol–water partition coefficient (Wildman–Crippen LogP) is 3.30. The Morgan fingerprint density at radius 1 is 1.20 bits per heavy atom. The quantitative estimate of drug-likeness (QED) is 0.727. The van der Waals surface area contributed by atoms with Gasteiger partial charge in [0.1, 0.15) is 0 Å². The van der Waals surface area contributed by atoms with E-state index in [-0.39, 0.29) is 11.8 Å². The van der Waals surface area contributed by atoms with Crippen LogP contribution in [0.2, 0.25) is 0 Å². The molecule has 2 unspecified atom stereocenters. The summed E-state index contributed by atoms with van der Waals surface area (Å²) in [4.78, 5) is 14.4. The first-order valence-corrected chi connectivity index (χ1v) is 8.41. The van der Waals surface area contributed by atoms with Gasteiger partial charge in [-0.2, -0.15) is 0 Å². The molecule has 0 aromatic carbocycles. The molecule has 118 valence electrons. The Hall–Kier alpha value is -0.570. The van der Waals surface area contributed by atoms with Crippen molar-refractivity contribution in [2.24, 2.45) is 17.8 Å². The van der Waals surface area contributed by atoms with E-state index < -0.39 is 0 Å². The van der Waals surface area contributed by atoms with Crippen molar-refractivity contribution < 1.29 is 4.79 Å². The molecular formula is C17H34N2O. The number of likely N-dealkylation sites (tertiary alicyclic amines) is 1. The molecule has 3 heteroatoms. The van der Waals surface area contributed by atoms with Gasteiger partial charge >= 0.3 is 0 Å². The molecule has 1 fully saturated rings. The molecule has 0 spiro atoms. The van der Waals surface area contributed by atoms with Crippen LogP contribution in [-0.2, 0) is 4.79 Å². The number of nitrogens with one attached hydrogen (secondary N) is 1. The van der Waals surface area contributed by atoms with E-state index in [4.69, 9.17) is 0 Å². The van der Waals surface area contributed by atoms with Gasteiger partial charge in [0, 0.05) is 25.0 Å². The van der Waals surface area contributed by atoms with E-state index in [0.29, 0.717) is 12.0 Å². The standard InChI is InChI=1S/C17H34N2O/c1-13(2)8-6-7-9-19-11-15(5)10-16(12-19)18-17(20)14(3)4/h13-16H,6-12H2,1-5H3,(H,18,20). The zero-order valence-corrected chi connectivity index (χ0v) is 14.1. The number of unbranched alkanes of at least 4 members (excludes halogenated alkanes) is 1. The third kappa shape index (κ3) is 6.74. The summed E-state index contributed by atoms with van der Waals surface area (Å²) in [6.45, 7) is 14.2. The van der Waals surface area contributed by atoms with Gasteiger partial charge in [-0.05, 0) is 31.2 Å². The minimum absolute atomic E-state index is 0.0896. The van der Waals surface area contributed by atoms with Crippen LogP contribution >= 0.6 is 0 Å². The second kappa shape index (κ2) is 8.66. The molecule has 0 aromatic heterocycles. The maximum absolute atomic E-state index is 11.8. The van der Waals surface area contributed by atoms with Gasteiger partial charge in [-0.1, -0.05) is 47.5 Å². The Morgan fingerprint density at radius 3 is 2.50 bits per heavy atom. The lowest BCUT2D eigenvalue weighted by Gasteiger charge is -2.37. The van der Waals surface area contributed by atoms with Gasteiger partial charge < -0.3 is 10.2 Å². The van der Waals surface area contributed by atoms with Crippen molar-refractivity contribution in [3.63, 3.8) is 0 Å². The molecule has 1 amide bonds. The summed E-state index contributed by atoms with van der Waals surface area (Å²) in [6, 6.07) is 0.346. The zero-order valence-electron chi connectivity index (χ0n) is 14.1. The monoisotopic (exact) mass is 282 g/mol. The molecule has 1 rings (SSSR count). The molecule has 1 saturated heterocycles. The summed E-state index contributed by atoms with van der Waals surface area (Å²) in [5.74, 6) is 1.79. The second-order valence-corrected chi connectivity index (χ2v) is 7.35. The Bertz CT molecular complexity index is 289. The van der Waals surface area contributed by atoms with Gasteiger partial charge in [-0.25, -0.2) is 0 Å². The zero-order chi connectivity index (χ0) is 15.1. The molecule has 0 bridgehead atoms. The summed E-state index contributed by atoms with van der Waals surface area (Å²) >= 11 is 0. The summed E-state index contributed by atoms with van der Waals surface area (Å²) in [6.07, 6.45) is 5.07. The van der Waals surface area contributed by atoms with Crippen LogP contribution in [0.5, 0.6) is 0 Å². The molecule has 1 N–H and O–H groups in total. The van der Waals surface area contributed by atoms with Crippen LogP contribution in [0.15, 0.2) is 0 Å². The van der Waals surface area contributed by atoms with Gasteiger partial charge in [-0.15, -0.1) is 0 Å². The molecule has 3 nitrogen and oxygen atoms in total. The van der Waals surface area contributed by atoms with Crippen LogP contribution in [-0.4, -0.2) is 36.5 Å². The fraction of sp³-hybridized carbons (Fsp3) is 0.941. The number of carbonyl (C=O) groups excluding carboxylic acids is 1. The van der Waals surface area contributed by atoms with Crippen LogP contribution in [0.25, 0.3) is 0 Å². The van der Waals surface area contributed by atoms with Gasteiger partial charge in [0.25, 0.3) is 0 Å². The van der Waals surface area contributed by atoms with Crippen LogP contribution in [0.1, 0.15) is 60.3 Å². The van der Waals surface area contributed by atoms with Gasteiger partial charge in [0.05, 0.1) is 0 Å². The Kier molecular flexibility index (Phi) is 7.57. The molecule has 0 aromatic rings. The number of amides is 1. The van der Waals surface area contributed by atoms with Crippen molar-refractivity contribution in [3.05, 3.63) is 0 Å². The van der Waals surface area contributed by atoms with E-state index in [1.165, 1.54) is 32.4 Å². The molecule has 20 heavy (non-hydrogen) atoms. The van der Waals surface area contributed by atoms with Crippen LogP contribution < -0.4 is 5.32 Å². The highest BCUT2D eigenvalue weighted by Crippen LogP contribution is 2.18. The normalized spacial score (nSPS) is 24.4. The average molecular weight is 282 g/mol. The smallest absolute Gasteiger partial charge is 0.222 e. The lowest BCUT2D eigenvalue weighted by Crippen LogP contribution is -2.51. The van der Waals surface area contributed by atoms with Crippen molar-refractivity contribution in [1.29, 1.82) is 0 Å². The lowest BCUT2D eigenvalue weighted by atomic mass is 9.95. The number of piperidine rings is 1. The number of hydrogen-bond acceptors (Lipinski definition) is 2. The Labute approximate surface area is 125 Å². The summed E-state index contributed by atoms with van der Waals surface area (Å²) < 4.78 is 0. The number of carbonyl (C=O) groups is 1. The highest BCUT2D eigenvalue weighted by atomic mass is 16.1. The van der Waals surface area contributed by atoms with Crippen molar-refractivity contribution in [3.8, 4) is 0 Å².